The molecule has 1 aromatic carbocycles. The smallest absolute Gasteiger partial charge is 0.119 e. The highest BCUT2D eigenvalue weighted by Crippen LogP contribution is 2.38. The van der Waals surface area contributed by atoms with E-state index in [0.29, 0.717) is 0 Å². The molecule has 18 heavy (non-hydrogen) atoms. The van der Waals surface area contributed by atoms with E-state index in [-0.39, 0.29) is 0 Å². The zero-order valence-corrected chi connectivity index (χ0v) is 13.9. The number of hydrogen-bond donors (Lipinski definition) is 1. The van der Waals surface area contributed by atoms with Gasteiger partial charge in [-0.25, -0.2) is 0 Å². The Hall–Kier alpha value is -0.360. The molecule has 0 fully saturated rings. The van der Waals surface area contributed by atoms with E-state index < -0.39 is 6.10 Å². The van der Waals surface area contributed by atoms with Gasteiger partial charge in [-0.3, -0.25) is 0 Å². The average molecular weight is 392 g/mol. The summed E-state index contributed by atoms with van der Waals surface area (Å²) in [6, 6.07) is 7.62. The first kappa shape index (κ1) is 14.1. The molecule has 0 radical (unpaired) electrons. The van der Waals surface area contributed by atoms with E-state index in [9.17, 15) is 5.11 Å². The maximum Gasteiger partial charge on any atom is 0.119 e. The van der Waals surface area contributed by atoms with E-state index in [0.717, 1.165) is 30.0 Å². The lowest BCUT2D eigenvalue weighted by molar-refractivity contribution is 0.219. The lowest BCUT2D eigenvalue weighted by Crippen LogP contribution is -2.01. The molecule has 0 aliphatic rings. The van der Waals surface area contributed by atoms with Gasteiger partial charge in [-0.15, -0.1) is 11.3 Å². The summed E-state index contributed by atoms with van der Waals surface area (Å²) in [7, 11) is 1.64. The maximum absolute atomic E-state index is 10.4. The molecule has 1 N–H and O–H groups in total. The van der Waals surface area contributed by atoms with Crippen molar-refractivity contribution in [1.82, 2.24) is 0 Å². The van der Waals surface area contributed by atoms with Gasteiger partial charge in [0.15, 0.2) is 0 Å². The fourth-order valence-electron chi connectivity index (χ4n) is 1.79. The third kappa shape index (κ3) is 2.79. The van der Waals surface area contributed by atoms with Gasteiger partial charge in [0.1, 0.15) is 11.9 Å². The van der Waals surface area contributed by atoms with Crippen molar-refractivity contribution in [3.63, 3.8) is 0 Å². The molecular weight excluding hydrogens is 380 g/mol. The molecular formula is C13H12Br2O2S. The first-order valence-corrected chi connectivity index (χ1v) is 7.70. The molecule has 2 nitrogen and oxygen atoms in total. The highest BCUT2D eigenvalue weighted by molar-refractivity contribution is 9.12. The second kappa shape index (κ2) is 5.74. The highest BCUT2D eigenvalue weighted by Gasteiger charge is 2.18. The number of ether oxygens (including phenoxy) is 1. The number of benzene rings is 1. The van der Waals surface area contributed by atoms with Crippen molar-refractivity contribution in [2.24, 2.45) is 0 Å². The Bertz CT molecular complexity index is 566. The monoisotopic (exact) mass is 390 g/mol. The molecule has 0 spiro atoms. The van der Waals surface area contributed by atoms with Crippen LogP contribution >= 0.6 is 43.2 Å². The SMILES string of the molecule is COc1ccc(C(O)c2cc(Br)sc2Br)c(C)c1. The van der Waals surface area contributed by atoms with Crippen molar-refractivity contribution < 1.29 is 9.84 Å². The standard InChI is InChI=1S/C13H12Br2O2S/c1-7-5-8(17-2)3-4-9(7)12(16)10-6-11(14)18-13(10)15/h3-6,12,16H,1-2H3. The molecule has 5 heteroatoms. The number of aliphatic hydroxyl groups excluding tert-OH is 1. The van der Waals surface area contributed by atoms with E-state index >= 15 is 0 Å². The fourth-order valence-corrected chi connectivity index (χ4v) is 4.67. The summed E-state index contributed by atoms with van der Waals surface area (Å²) in [6.45, 7) is 1.97. The lowest BCUT2D eigenvalue weighted by atomic mass is 9.99. The van der Waals surface area contributed by atoms with Gasteiger partial charge in [-0.05, 0) is 68.1 Å². The minimum absolute atomic E-state index is 0.632. The second-order valence-electron chi connectivity index (χ2n) is 3.90. The molecule has 0 saturated carbocycles. The van der Waals surface area contributed by atoms with E-state index in [4.69, 9.17) is 4.74 Å². The number of aliphatic hydroxyl groups is 1. The van der Waals surface area contributed by atoms with Gasteiger partial charge < -0.3 is 9.84 Å². The largest absolute Gasteiger partial charge is 0.497 e. The first-order valence-electron chi connectivity index (χ1n) is 5.30. The molecule has 2 rings (SSSR count). The molecule has 2 aromatic rings. The number of aryl methyl sites for hydroxylation is 1. The zero-order chi connectivity index (χ0) is 13.3. The summed E-state index contributed by atoms with van der Waals surface area (Å²) in [5.41, 5.74) is 2.78. The minimum Gasteiger partial charge on any atom is -0.497 e. The summed E-state index contributed by atoms with van der Waals surface area (Å²) >= 11 is 8.45. The molecule has 1 atom stereocenters. The Labute approximate surface area is 127 Å². The van der Waals surface area contributed by atoms with Crippen molar-refractivity contribution in [2.45, 2.75) is 13.0 Å². The minimum atomic E-state index is -0.632. The van der Waals surface area contributed by atoms with E-state index in [2.05, 4.69) is 31.9 Å². The topological polar surface area (TPSA) is 29.5 Å². The Kier molecular flexibility index (Phi) is 4.48. The van der Waals surface area contributed by atoms with Crippen LogP contribution in [-0.2, 0) is 0 Å². The lowest BCUT2D eigenvalue weighted by Gasteiger charge is -2.14. The molecule has 96 valence electrons. The molecule has 0 aliphatic carbocycles. The molecule has 1 unspecified atom stereocenters. The second-order valence-corrected chi connectivity index (χ2v) is 7.65. The molecule has 0 amide bonds. The van der Waals surface area contributed by atoms with Crippen LogP contribution in [-0.4, -0.2) is 12.2 Å². The zero-order valence-electron chi connectivity index (χ0n) is 9.91. The van der Waals surface area contributed by atoms with E-state index in [1.165, 1.54) is 0 Å². The number of hydrogen-bond acceptors (Lipinski definition) is 3. The van der Waals surface area contributed by atoms with E-state index in [1.54, 1.807) is 18.4 Å². The predicted molar refractivity (Wildman–Crippen MR) is 81.5 cm³/mol. The van der Waals surface area contributed by atoms with Crippen LogP contribution in [0, 0.1) is 6.92 Å². The summed E-state index contributed by atoms with van der Waals surface area (Å²) in [6.07, 6.45) is -0.632. The van der Waals surface area contributed by atoms with Crippen molar-refractivity contribution in [3.05, 3.63) is 48.5 Å². The third-order valence-electron chi connectivity index (χ3n) is 2.75. The van der Waals surface area contributed by atoms with Crippen LogP contribution in [0.2, 0.25) is 0 Å². The molecule has 0 aliphatic heterocycles. The van der Waals surface area contributed by atoms with Crippen LogP contribution in [0.25, 0.3) is 0 Å². The van der Waals surface area contributed by atoms with Gasteiger partial charge in [0.2, 0.25) is 0 Å². The van der Waals surface area contributed by atoms with Gasteiger partial charge in [-0.1, -0.05) is 6.07 Å². The van der Waals surface area contributed by atoms with Crippen LogP contribution in [0.3, 0.4) is 0 Å². The van der Waals surface area contributed by atoms with Crippen molar-refractivity contribution in [1.29, 1.82) is 0 Å². The summed E-state index contributed by atoms with van der Waals surface area (Å²) in [4.78, 5) is 0. The van der Waals surface area contributed by atoms with Crippen LogP contribution < -0.4 is 4.74 Å². The maximum atomic E-state index is 10.4. The summed E-state index contributed by atoms with van der Waals surface area (Å²) in [5, 5.41) is 10.4. The number of rotatable bonds is 3. The Morgan fingerprint density at radius 3 is 2.44 bits per heavy atom. The highest BCUT2D eigenvalue weighted by atomic mass is 79.9. The normalized spacial score (nSPS) is 12.5. The quantitative estimate of drug-likeness (QED) is 0.823. The van der Waals surface area contributed by atoms with Crippen LogP contribution in [0.15, 0.2) is 31.8 Å². The Balaban J connectivity index is 2.39. The number of thiophene rings is 1. The van der Waals surface area contributed by atoms with Gasteiger partial charge in [0.05, 0.1) is 14.7 Å². The van der Waals surface area contributed by atoms with Crippen molar-refractivity contribution in [3.8, 4) is 5.75 Å². The molecule has 0 saturated heterocycles. The fraction of sp³-hybridized carbons (Fsp3) is 0.231. The first-order chi connectivity index (χ1) is 8.52. The summed E-state index contributed by atoms with van der Waals surface area (Å²) in [5.74, 6) is 0.800. The van der Waals surface area contributed by atoms with Gasteiger partial charge in [0, 0.05) is 5.56 Å². The van der Waals surface area contributed by atoms with Crippen LogP contribution in [0.5, 0.6) is 5.75 Å². The van der Waals surface area contributed by atoms with Crippen molar-refractivity contribution in [2.75, 3.05) is 7.11 Å². The predicted octanol–water partition coefficient (Wildman–Crippen LogP) is 4.67. The molecule has 1 heterocycles. The van der Waals surface area contributed by atoms with Crippen LogP contribution in [0.1, 0.15) is 22.8 Å². The van der Waals surface area contributed by atoms with E-state index in [1.807, 2.05) is 31.2 Å². The Morgan fingerprint density at radius 2 is 1.94 bits per heavy atom. The molecule has 0 bridgehead atoms. The average Bonchev–Trinajstić information content (AvgIpc) is 2.67. The molecule has 1 aromatic heterocycles. The van der Waals surface area contributed by atoms with Gasteiger partial charge in [0.25, 0.3) is 0 Å². The van der Waals surface area contributed by atoms with Gasteiger partial charge >= 0.3 is 0 Å². The Morgan fingerprint density at radius 1 is 1.22 bits per heavy atom. The summed E-state index contributed by atoms with van der Waals surface area (Å²) < 4.78 is 7.10. The third-order valence-corrected chi connectivity index (χ3v) is 5.13. The number of halogens is 2. The van der Waals surface area contributed by atoms with Crippen LogP contribution in [0.4, 0.5) is 0 Å². The number of methoxy groups -OCH3 is 1. The van der Waals surface area contributed by atoms with Crippen molar-refractivity contribution >= 4 is 43.2 Å². The van der Waals surface area contributed by atoms with Gasteiger partial charge in [-0.2, -0.15) is 0 Å².